The quantitative estimate of drug-likeness (QED) is 0.748. The molecule has 0 amide bonds. The molecule has 4 rings (SSSR count). The molecule has 4 aliphatic rings. The lowest BCUT2D eigenvalue weighted by Crippen LogP contribution is -2.57. The number of aliphatic hydroxyl groups is 1. The zero-order valence-corrected chi connectivity index (χ0v) is 13.8. The Balaban J connectivity index is 1.71. The van der Waals surface area contributed by atoms with Crippen molar-refractivity contribution in [1.82, 2.24) is 0 Å². The maximum absolute atomic E-state index is 13.0. The second-order valence-corrected chi connectivity index (χ2v) is 8.98. The van der Waals surface area contributed by atoms with Gasteiger partial charge in [0, 0.05) is 24.2 Å². The number of hydrogen-bond donors (Lipinski definition) is 1. The van der Waals surface area contributed by atoms with Crippen LogP contribution in [0.1, 0.15) is 65.2 Å². The van der Waals surface area contributed by atoms with Crippen LogP contribution in [-0.2, 0) is 9.59 Å². The summed E-state index contributed by atoms with van der Waals surface area (Å²) in [6.45, 7) is 4.36. The van der Waals surface area contributed by atoms with E-state index in [4.69, 9.17) is 0 Å². The average Bonchev–Trinajstić information content (AvgIpc) is 2.75. The number of carbonyl (C=O) groups is 2. The first kappa shape index (κ1) is 14.9. The van der Waals surface area contributed by atoms with E-state index in [0.717, 1.165) is 38.5 Å². The average molecular weight is 304 g/mol. The zero-order chi connectivity index (χ0) is 15.7. The molecule has 0 aromatic carbocycles. The van der Waals surface area contributed by atoms with Crippen LogP contribution < -0.4 is 0 Å². The molecule has 22 heavy (non-hydrogen) atoms. The number of fused-ring (bicyclic) bond motifs is 5. The Morgan fingerprint density at radius 2 is 1.86 bits per heavy atom. The number of rotatable bonds is 0. The number of hydrogen-bond acceptors (Lipinski definition) is 3. The van der Waals surface area contributed by atoms with Gasteiger partial charge in [0.15, 0.2) is 0 Å². The van der Waals surface area contributed by atoms with Crippen LogP contribution in [0.5, 0.6) is 0 Å². The minimum absolute atomic E-state index is 0.0617. The van der Waals surface area contributed by atoms with Gasteiger partial charge in [-0.1, -0.05) is 13.8 Å². The van der Waals surface area contributed by atoms with Crippen LogP contribution in [0.3, 0.4) is 0 Å². The Kier molecular flexibility index (Phi) is 3.15. The normalized spacial score (nSPS) is 54.6. The topological polar surface area (TPSA) is 54.4 Å². The fraction of sp³-hybridized carbons (Fsp3) is 0.895. The standard InChI is InChI=1S/C19H28O3/c1-18-8-7-12(20)9-11(18)3-4-13-14-5-6-16(22)19(14,2)10-15(21)17(13)18/h11-14,17,20H,3-10H2,1-2H3/t11?,12?,13-,14+,17-,18-,19-/m0/s1. The van der Waals surface area contributed by atoms with E-state index in [1.54, 1.807) is 0 Å². The van der Waals surface area contributed by atoms with Crippen LogP contribution >= 0.6 is 0 Å². The Morgan fingerprint density at radius 3 is 2.64 bits per heavy atom. The lowest BCUT2D eigenvalue weighted by molar-refractivity contribution is -0.162. The van der Waals surface area contributed by atoms with Crippen LogP contribution in [0.15, 0.2) is 0 Å². The Morgan fingerprint density at radius 1 is 1.09 bits per heavy atom. The number of aliphatic hydroxyl groups excluding tert-OH is 1. The van der Waals surface area contributed by atoms with Crippen molar-refractivity contribution in [2.75, 3.05) is 0 Å². The maximum atomic E-state index is 13.0. The third-order valence-corrected chi connectivity index (χ3v) is 8.04. The van der Waals surface area contributed by atoms with Crippen molar-refractivity contribution >= 4 is 11.6 Å². The van der Waals surface area contributed by atoms with Gasteiger partial charge in [0.1, 0.15) is 11.6 Å². The molecule has 2 unspecified atom stereocenters. The predicted molar refractivity (Wildman–Crippen MR) is 83.1 cm³/mol. The van der Waals surface area contributed by atoms with Gasteiger partial charge in [0.25, 0.3) is 0 Å². The maximum Gasteiger partial charge on any atom is 0.139 e. The Hall–Kier alpha value is -0.700. The molecule has 4 saturated carbocycles. The molecule has 4 fully saturated rings. The van der Waals surface area contributed by atoms with E-state index in [2.05, 4.69) is 13.8 Å². The summed E-state index contributed by atoms with van der Waals surface area (Å²) < 4.78 is 0. The van der Waals surface area contributed by atoms with Crippen molar-refractivity contribution in [3.8, 4) is 0 Å². The first-order chi connectivity index (χ1) is 10.4. The van der Waals surface area contributed by atoms with Crippen LogP contribution in [0.4, 0.5) is 0 Å². The molecule has 1 N–H and O–H groups in total. The van der Waals surface area contributed by atoms with Crippen molar-refractivity contribution in [1.29, 1.82) is 0 Å². The molecule has 0 heterocycles. The van der Waals surface area contributed by atoms with E-state index >= 15 is 0 Å². The van der Waals surface area contributed by atoms with Gasteiger partial charge in [0.2, 0.25) is 0 Å². The monoisotopic (exact) mass is 304 g/mol. The summed E-state index contributed by atoms with van der Waals surface area (Å²) in [6, 6.07) is 0. The molecule has 0 aliphatic heterocycles. The highest BCUT2D eigenvalue weighted by atomic mass is 16.3. The molecule has 0 saturated heterocycles. The molecule has 4 aliphatic carbocycles. The Labute approximate surface area is 132 Å². The fourth-order valence-corrected chi connectivity index (χ4v) is 6.83. The SMILES string of the molecule is C[C@]12CCC(O)CC1CC[C@@H]1[C@H]2C(=O)C[C@]2(C)C(=O)CC[C@H]12. The van der Waals surface area contributed by atoms with Gasteiger partial charge in [0.05, 0.1) is 6.10 Å². The second kappa shape index (κ2) is 4.66. The Bertz CT molecular complexity index is 527. The minimum Gasteiger partial charge on any atom is -0.393 e. The van der Waals surface area contributed by atoms with Gasteiger partial charge in [-0.15, -0.1) is 0 Å². The molecule has 3 nitrogen and oxygen atoms in total. The highest BCUT2D eigenvalue weighted by Crippen LogP contribution is 2.64. The zero-order valence-electron chi connectivity index (χ0n) is 13.8. The molecular weight excluding hydrogens is 276 g/mol. The van der Waals surface area contributed by atoms with Gasteiger partial charge in [-0.25, -0.2) is 0 Å². The third-order valence-electron chi connectivity index (χ3n) is 8.04. The summed E-state index contributed by atoms with van der Waals surface area (Å²) in [6.07, 6.45) is 6.86. The van der Waals surface area contributed by atoms with E-state index in [-0.39, 0.29) is 22.9 Å². The molecule has 0 aromatic heterocycles. The van der Waals surface area contributed by atoms with E-state index in [9.17, 15) is 14.7 Å². The van der Waals surface area contributed by atoms with Gasteiger partial charge in [-0.05, 0) is 61.7 Å². The van der Waals surface area contributed by atoms with Crippen molar-refractivity contribution < 1.29 is 14.7 Å². The smallest absolute Gasteiger partial charge is 0.139 e. The predicted octanol–water partition coefficient (Wildman–Crippen LogP) is 3.14. The summed E-state index contributed by atoms with van der Waals surface area (Å²) in [5.41, 5.74) is -0.304. The first-order valence-corrected chi connectivity index (χ1v) is 9.10. The van der Waals surface area contributed by atoms with Gasteiger partial charge in [-0.3, -0.25) is 9.59 Å². The largest absolute Gasteiger partial charge is 0.393 e. The van der Waals surface area contributed by atoms with Crippen molar-refractivity contribution in [2.45, 2.75) is 71.3 Å². The van der Waals surface area contributed by atoms with Gasteiger partial charge in [-0.2, -0.15) is 0 Å². The summed E-state index contributed by atoms with van der Waals surface area (Å²) in [5.74, 6) is 2.14. The van der Waals surface area contributed by atoms with Crippen LogP contribution in [0, 0.1) is 34.5 Å². The molecule has 3 heteroatoms. The van der Waals surface area contributed by atoms with Gasteiger partial charge < -0.3 is 5.11 Å². The van der Waals surface area contributed by atoms with E-state index in [1.165, 1.54) is 0 Å². The van der Waals surface area contributed by atoms with E-state index in [1.807, 2.05) is 0 Å². The molecule has 0 spiro atoms. The van der Waals surface area contributed by atoms with Crippen molar-refractivity contribution in [3.05, 3.63) is 0 Å². The molecular formula is C19H28O3. The van der Waals surface area contributed by atoms with Crippen LogP contribution in [0.25, 0.3) is 0 Å². The van der Waals surface area contributed by atoms with Crippen molar-refractivity contribution in [2.24, 2.45) is 34.5 Å². The number of carbonyl (C=O) groups excluding carboxylic acids is 2. The fourth-order valence-electron chi connectivity index (χ4n) is 6.83. The number of Topliss-reactive ketones (excluding diaryl/α,β-unsaturated/α-hetero) is 2. The van der Waals surface area contributed by atoms with E-state index < -0.39 is 0 Å². The van der Waals surface area contributed by atoms with E-state index in [0.29, 0.717) is 42.2 Å². The number of ketones is 2. The molecule has 7 atom stereocenters. The lowest BCUT2D eigenvalue weighted by atomic mass is 9.45. The summed E-state index contributed by atoms with van der Waals surface area (Å²) in [5, 5.41) is 10.0. The highest BCUT2D eigenvalue weighted by molar-refractivity contribution is 5.95. The van der Waals surface area contributed by atoms with Crippen LogP contribution in [0.2, 0.25) is 0 Å². The first-order valence-electron chi connectivity index (χ1n) is 9.10. The van der Waals surface area contributed by atoms with Gasteiger partial charge >= 0.3 is 0 Å². The summed E-state index contributed by atoms with van der Waals surface area (Å²) in [7, 11) is 0. The minimum atomic E-state index is -0.365. The summed E-state index contributed by atoms with van der Waals surface area (Å²) >= 11 is 0. The molecule has 0 radical (unpaired) electrons. The molecule has 122 valence electrons. The molecule has 0 bridgehead atoms. The third kappa shape index (κ3) is 1.78. The second-order valence-electron chi connectivity index (χ2n) is 8.98. The van der Waals surface area contributed by atoms with Crippen molar-refractivity contribution in [3.63, 3.8) is 0 Å². The summed E-state index contributed by atoms with van der Waals surface area (Å²) in [4.78, 5) is 25.4. The highest BCUT2D eigenvalue weighted by Gasteiger charge is 2.63. The lowest BCUT2D eigenvalue weighted by Gasteiger charge is -2.58. The van der Waals surface area contributed by atoms with Crippen LogP contribution in [-0.4, -0.2) is 22.8 Å². The molecule has 0 aromatic rings.